The zero-order chi connectivity index (χ0) is 18.1. The van der Waals surface area contributed by atoms with Gasteiger partial charge in [0.1, 0.15) is 17.5 Å². The van der Waals surface area contributed by atoms with Crippen LogP contribution in [0.5, 0.6) is 0 Å². The highest BCUT2D eigenvalue weighted by Crippen LogP contribution is 2.44. The number of aliphatic hydroxyl groups is 1. The molecule has 0 amide bonds. The molecule has 1 saturated carbocycles. The molecule has 1 aliphatic carbocycles. The number of esters is 1. The number of carbonyl (C=O) groups is 1. The highest BCUT2D eigenvalue weighted by molar-refractivity contribution is 6.07. The van der Waals surface area contributed by atoms with Gasteiger partial charge in [0, 0.05) is 18.2 Å². The molecule has 0 bridgehead atoms. The number of aliphatic hydroxyl groups excluding tert-OH is 1. The van der Waals surface area contributed by atoms with E-state index in [9.17, 15) is 19.1 Å². The van der Waals surface area contributed by atoms with Gasteiger partial charge in [-0.2, -0.15) is 0 Å². The van der Waals surface area contributed by atoms with E-state index in [0.29, 0.717) is 29.2 Å². The number of anilines is 1. The zero-order valence-corrected chi connectivity index (χ0v) is 14.2. The number of carbonyl (C=O) groups excluding carboxylic acids is 2. The summed E-state index contributed by atoms with van der Waals surface area (Å²) in [5, 5.41) is 10.6. The van der Waals surface area contributed by atoms with Crippen LogP contribution in [-0.2, 0) is 14.3 Å². The smallest absolute Gasteiger partial charge is 0.354 e. The molecule has 1 N–H and O–H groups in total. The molecule has 1 atom stereocenters. The molecule has 1 heterocycles. The van der Waals surface area contributed by atoms with Crippen LogP contribution < -0.4 is 4.90 Å². The van der Waals surface area contributed by atoms with Crippen LogP contribution in [0, 0.1) is 11.7 Å². The molecular formula is C19H20FNO4. The Kier molecular flexibility index (Phi) is 4.75. The molecule has 1 aromatic carbocycles. The second-order valence-corrected chi connectivity index (χ2v) is 6.41. The van der Waals surface area contributed by atoms with E-state index in [2.05, 4.69) is 0 Å². The molecule has 3 rings (SSSR count). The molecule has 2 aliphatic rings. The van der Waals surface area contributed by atoms with Gasteiger partial charge in [0.2, 0.25) is 0 Å². The van der Waals surface area contributed by atoms with E-state index < -0.39 is 17.9 Å². The van der Waals surface area contributed by atoms with Gasteiger partial charge >= 0.3 is 5.97 Å². The van der Waals surface area contributed by atoms with Crippen molar-refractivity contribution in [3.63, 3.8) is 0 Å². The van der Waals surface area contributed by atoms with Gasteiger partial charge in [-0.05, 0) is 37.5 Å². The maximum Gasteiger partial charge on any atom is 0.354 e. The molecule has 0 radical (unpaired) electrons. The molecule has 25 heavy (non-hydrogen) atoms. The van der Waals surface area contributed by atoms with Crippen LogP contribution >= 0.6 is 0 Å². The van der Waals surface area contributed by atoms with Crippen molar-refractivity contribution in [2.24, 2.45) is 5.92 Å². The van der Waals surface area contributed by atoms with Gasteiger partial charge in [0.25, 0.3) is 0 Å². The fourth-order valence-corrected chi connectivity index (χ4v) is 3.17. The van der Waals surface area contributed by atoms with Crippen molar-refractivity contribution in [2.75, 3.05) is 18.6 Å². The fraction of sp³-hybridized carbons (Fsp3) is 0.421. The van der Waals surface area contributed by atoms with Crippen molar-refractivity contribution in [3.05, 3.63) is 40.8 Å². The number of likely N-dealkylation sites (N-methyl/N-ethyl adjacent to an activating group) is 1. The van der Waals surface area contributed by atoms with Gasteiger partial charge in [-0.15, -0.1) is 0 Å². The van der Waals surface area contributed by atoms with Crippen LogP contribution in [0.15, 0.2) is 23.9 Å². The van der Waals surface area contributed by atoms with Crippen LogP contribution in [0.4, 0.5) is 10.1 Å². The number of rotatable bonds is 5. The summed E-state index contributed by atoms with van der Waals surface area (Å²) in [6.45, 7) is 1.88. The van der Waals surface area contributed by atoms with Crippen LogP contribution in [0.1, 0.15) is 43.4 Å². The van der Waals surface area contributed by atoms with Crippen molar-refractivity contribution >= 4 is 23.2 Å². The first-order chi connectivity index (χ1) is 12.0. The molecule has 0 spiro atoms. The molecule has 5 nitrogen and oxygen atoms in total. The minimum absolute atomic E-state index is 0.0653. The van der Waals surface area contributed by atoms with Crippen molar-refractivity contribution in [1.82, 2.24) is 0 Å². The van der Waals surface area contributed by atoms with Crippen LogP contribution in [0.25, 0.3) is 5.57 Å². The average Bonchev–Trinajstić information content (AvgIpc) is 3.38. The minimum Gasteiger partial charge on any atom is -0.461 e. The number of hydrogen-bond acceptors (Lipinski definition) is 5. The van der Waals surface area contributed by atoms with Crippen molar-refractivity contribution < 1.29 is 23.8 Å². The molecule has 6 heteroatoms. The summed E-state index contributed by atoms with van der Waals surface area (Å²) >= 11 is 0. The molecule has 132 valence electrons. The molecule has 1 aliphatic heterocycles. The van der Waals surface area contributed by atoms with Crippen LogP contribution in [-0.4, -0.2) is 30.7 Å². The predicted molar refractivity (Wildman–Crippen MR) is 90.9 cm³/mol. The first-order valence-corrected chi connectivity index (χ1v) is 8.35. The number of halogens is 1. The van der Waals surface area contributed by atoms with E-state index in [1.807, 2.05) is 0 Å². The number of benzene rings is 1. The lowest BCUT2D eigenvalue weighted by molar-refractivity contribution is -0.138. The number of allylic oxidation sites excluding steroid dienone is 2. The van der Waals surface area contributed by atoms with Gasteiger partial charge < -0.3 is 14.7 Å². The first-order valence-electron chi connectivity index (χ1n) is 8.35. The van der Waals surface area contributed by atoms with E-state index in [0.717, 1.165) is 12.8 Å². The summed E-state index contributed by atoms with van der Waals surface area (Å²) in [5.41, 5.74) is 1.34. The normalized spacial score (nSPS) is 17.5. The third-order valence-corrected chi connectivity index (χ3v) is 4.58. The number of hydrogen-bond donors (Lipinski definition) is 1. The van der Waals surface area contributed by atoms with Crippen LogP contribution in [0.3, 0.4) is 0 Å². The Bertz CT molecular complexity index is 791. The molecule has 0 aromatic heterocycles. The fourth-order valence-electron chi connectivity index (χ4n) is 3.17. The van der Waals surface area contributed by atoms with Gasteiger partial charge in [-0.3, -0.25) is 0 Å². The summed E-state index contributed by atoms with van der Waals surface area (Å²) in [5.74, 6) is 1.06. The lowest BCUT2D eigenvalue weighted by atomic mass is 9.91. The Morgan fingerprint density at radius 3 is 2.80 bits per heavy atom. The Balaban J connectivity index is 2.11. The molecule has 1 fully saturated rings. The van der Waals surface area contributed by atoms with Gasteiger partial charge in [0.15, 0.2) is 0 Å². The molecular weight excluding hydrogens is 325 g/mol. The van der Waals surface area contributed by atoms with E-state index in [4.69, 9.17) is 4.74 Å². The average molecular weight is 345 g/mol. The van der Waals surface area contributed by atoms with E-state index in [-0.39, 0.29) is 17.9 Å². The monoisotopic (exact) mass is 345 g/mol. The first kappa shape index (κ1) is 17.4. The third kappa shape index (κ3) is 3.36. The second-order valence-electron chi connectivity index (χ2n) is 6.41. The largest absolute Gasteiger partial charge is 0.461 e. The standard InChI is InChI=1S/C19H20FNO4/c1-3-25-19(24)16-7-12(10-22)14-8-13(20)9-15(18(14)21(16)2)17(23)6-11-4-5-11/h7-9,11,17,23H,3-6H2,1-2H3. The van der Waals surface area contributed by atoms with Gasteiger partial charge in [-0.1, -0.05) is 12.8 Å². The third-order valence-electron chi connectivity index (χ3n) is 4.58. The summed E-state index contributed by atoms with van der Waals surface area (Å²) < 4.78 is 19.1. The number of fused-ring (bicyclic) bond motifs is 1. The maximum atomic E-state index is 14.1. The highest BCUT2D eigenvalue weighted by atomic mass is 19.1. The quantitative estimate of drug-likeness (QED) is 0.657. The summed E-state index contributed by atoms with van der Waals surface area (Å²) in [7, 11) is 1.63. The topological polar surface area (TPSA) is 66.8 Å². The SMILES string of the molecule is CCOC(=O)C1=CC(=C=O)c2cc(F)cc(C(O)CC3CC3)c2N1C. The number of ether oxygens (including phenoxy) is 1. The Morgan fingerprint density at radius 1 is 1.48 bits per heavy atom. The summed E-state index contributed by atoms with van der Waals surface area (Å²) in [4.78, 5) is 25.1. The van der Waals surface area contributed by atoms with E-state index in [1.165, 1.54) is 18.2 Å². The summed E-state index contributed by atoms with van der Waals surface area (Å²) in [6, 6.07) is 2.48. The Labute approximate surface area is 145 Å². The predicted octanol–water partition coefficient (Wildman–Crippen LogP) is 2.77. The summed E-state index contributed by atoms with van der Waals surface area (Å²) in [6.07, 6.45) is 3.11. The molecule has 0 saturated heterocycles. The molecule has 1 unspecified atom stereocenters. The minimum atomic E-state index is -0.867. The van der Waals surface area contributed by atoms with Crippen molar-refractivity contribution in [2.45, 2.75) is 32.3 Å². The number of nitrogens with zero attached hydrogens (tertiary/aromatic N) is 1. The van der Waals surface area contributed by atoms with Gasteiger partial charge in [-0.25, -0.2) is 14.0 Å². The van der Waals surface area contributed by atoms with Crippen LogP contribution in [0.2, 0.25) is 0 Å². The Morgan fingerprint density at radius 2 is 2.20 bits per heavy atom. The van der Waals surface area contributed by atoms with Crippen molar-refractivity contribution in [3.8, 4) is 0 Å². The molecule has 1 aromatic rings. The Hall–Kier alpha value is -2.43. The van der Waals surface area contributed by atoms with Gasteiger partial charge in [0.05, 0.1) is 24.0 Å². The lowest BCUT2D eigenvalue weighted by Crippen LogP contribution is -2.29. The van der Waals surface area contributed by atoms with E-state index >= 15 is 0 Å². The lowest BCUT2D eigenvalue weighted by Gasteiger charge is -2.31. The van der Waals surface area contributed by atoms with Crippen molar-refractivity contribution in [1.29, 1.82) is 0 Å². The zero-order valence-electron chi connectivity index (χ0n) is 14.2. The second kappa shape index (κ2) is 6.82. The maximum absolute atomic E-state index is 14.1. The highest BCUT2D eigenvalue weighted by Gasteiger charge is 2.33. The van der Waals surface area contributed by atoms with E-state index in [1.54, 1.807) is 24.8 Å².